The minimum absolute atomic E-state index is 0.343. The van der Waals surface area contributed by atoms with E-state index in [9.17, 15) is 9.59 Å². The van der Waals surface area contributed by atoms with Gasteiger partial charge in [-0.15, -0.1) is 0 Å². The lowest BCUT2D eigenvalue weighted by atomic mass is 10.3. The van der Waals surface area contributed by atoms with Gasteiger partial charge in [-0.05, 0) is 0 Å². The number of nitrogens with zero attached hydrogens (tertiary/aromatic N) is 1. The third kappa shape index (κ3) is 43.4. The lowest BCUT2D eigenvalue weighted by molar-refractivity contribution is -0.118. The zero-order valence-corrected chi connectivity index (χ0v) is 10.5. The minimum Gasteiger partial charge on any atom is -0.351 e. The van der Waals surface area contributed by atoms with Crippen LogP contribution in [0.3, 0.4) is 0 Å². The largest absolute Gasteiger partial charge is 0.351 e. The van der Waals surface area contributed by atoms with Gasteiger partial charge >= 0.3 is 0 Å². The molecule has 0 saturated heterocycles. The van der Waals surface area contributed by atoms with Gasteiger partial charge in [-0.2, -0.15) is 0 Å². The first-order valence-corrected chi connectivity index (χ1v) is 5.13. The molecule has 0 spiro atoms. The molecule has 0 heterocycles. The van der Waals surface area contributed by atoms with E-state index in [4.69, 9.17) is 0 Å². The van der Waals surface area contributed by atoms with Crippen molar-refractivity contribution in [3.63, 3.8) is 0 Å². The van der Waals surface area contributed by atoms with Crippen molar-refractivity contribution in [3.05, 3.63) is 0 Å². The number of carbonyl (C=O) groups excluding carboxylic acids is 2. The Hall–Kier alpha value is -0.860. The molecule has 0 fully saturated rings. The Bertz CT molecular complexity index is 116. The number of rotatable bonds is 3. The maximum atomic E-state index is 10.2. The summed E-state index contributed by atoms with van der Waals surface area (Å²) < 4.78 is 0. The van der Waals surface area contributed by atoms with Crippen LogP contribution in [0.15, 0.2) is 0 Å². The average molecular weight is 203 g/mol. The lowest BCUT2D eigenvalue weighted by Gasteiger charge is -1.93. The molecule has 86 valence electrons. The number of carbonyl (C=O) groups is 2. The Morgan fingerprint density at radius 1 is 1.07 bits per heavy atom. The summed E-state index contributed by atoms with van der Waals surface area (Å²) in [5.74, 6) is 0.343. The Morgan fingerprint density at radius 3 is 1.29 bits per heavy atom. The first kappa shape index (κ1) is 18.8. The average Bonchev–Trinajstić information content (AvgIpc) is 2.18. The van der Waals surface area contributed by atoms with Gasteiger partial charge in [0.2, 0.25) is 6.41 Å². The smallest absolute Gasteiger partial charge is 0.209 e. The molecule has 0 aromatic rings. The predicted molar refractivity (Wildman–Crippen MR) is 61.3 cm³/mol. The molecule has 0 aliphatic rings. The fraction of sp³-hybridized carbons (Fsp3) is 0.818. The number of Topliss-reactive ketones (excluding diaryl/α,β-unsaturated/α-hetero) is 1. The molecular weight excluding hydrogens is 178 g/mol. The van der Waals surface area contributed by atoms with E-state index >= 15 is 0 Å². The zero-order chi connectivity index (χ0) is 12.0. The number of amides is 1. The Morgan fingerprint density at radius 2 is 1.29 bits per heavy atom. The highest BCUT2D eigenvalue weighted by Crippen LogP contribution is 1.83. The minimum atomic E-state index is 0.343. The normalized spacial score (nSPS) is 7.29. The lowest BCUT2D eigenvalue weighted by Crippen LogP contribution is -2.06. The fourth-order valence-corrected chi connectivity index (χ4v) is 0.250. The van der Waals surface area contributed by atoms with Gasteiger partial charge in [-0.1, -0.05) is 34.1 Å². The van der Waals surface area contributed by atoms with E-state index < -0.39 is 0 Å². The maximum absolute atomic E-state index is 10.2. The Kier molecular flexibility index (Phi) is 24.3. The van der Waals surface area contributed by atoms with Crippen molar-refractivity contribution in [3.8, 4) is 0 Å². The number of hydrogen-bond donors (Lipinski definition) is 0. The van der Waals surface area contributed by atoms with Gasteiger partial charge in [0.05, 0.1) is 0 Å². The van der Waals surface area contributed by atoms with Crippen molar-refractivity contribution < 1.29 is 9.59 Å². The van der Waals surface area contributed by atoms with Gasteiger partial charge in [0.25, 0.3) is 0 Å². The first-order chi connectivity index (χ1) is 6.49. The van der Waals surface area contributed by atoms with Crippen molar-refractivity contribution in [2.24, 2.45) is 0 Å². The first-order valence-electron chi connectivity index (χ1n) is 5.13. The van der Waals surface area contributed by atoms with E-state index in [1.807, 2.05) is 13.8 Å². The van der Waals surface area contributed by atoms with Crippen LogP contribution in [0.25, 0.3) is 0 Å². The molecule has 0 aromatic carbocycles. The number of hydrogen-bond acceptors (Lipinski definition) is 2. The van der Waals surface area contributed by atoms with Crippen LogP contribution in [0, 0.1) is 0 Å². The molecular formula is C11H25NO2. The highest BCUT2D eigenvalue weighted by molar-refractivity contribution is 5.77. The van der Waals surface area contributed by atoms with Crippen LogP contribution in [0.5, 0.6) is 0 Å². The summed E-state index contributed by atoms with van der Waals surface area (Å²) in [6.45, 7) is 8.01. The molecule has 0 aromatic heterocycles. The van der Waals surface area contributed by atoms with Crippen molar-refractivity contribution in [1.29, 1.82) is 0 Å². The second-order valence-electron chi connectivity index (χ2n) is 3.02. The van der Waals surface area contributed by atoms with Crippen molar-refractivity contribution in [2.75, 3.05) is 14.1 Å². The Labute approximate surface area is 88.5 Å². The second-order valence-corrected chi connectivity index (χ2v) is 3.02. The standard InChI is InChI=1S/C5H10O.C3H7NO.C3H8/c1-3-5(6)4-2;1-4(2)3-5;1-3-2/h3-4H2,1-2H3;3H,1-2H3;3H2,1-2H3. The van der Waals surface area contributed by atoms with Crippen molar-refractivity contribution in [2.45, 2.75) is 47.0 Å². The summed E-state index contributed by atoms with van der Waals surface area (Å²) in [5.41, 5.74) is 0. The molecule has 0 N–H and O–H groups in total. The Balaban J connectivity index is -0.000000138. The molecule has 3 nitrogen and oxygen atoms in total. The molecule has 0 aliphatic heterocycles. The molecule has 1 amide bonds. The van der Waals surface area contributed by atoms with Crippen LogP contribution in [0.2, 0.25) is 0 Å². The third-order valence-electron chi connectivity index (χ3n) is 0.999. The summed E-state index contributed by atoms with van der Waals surface area (Å²) in [6.07, 6.45) is 3.38. The molecule has 0 radical (unpaired) electrons. The van der Waals surface area contributed by atoms with Gasteiger partial charge in [-0.25, -0.2) is 0 Å². The van der Waals surface area contributed by atoms with E-state index in [1.165, 1.54) is 11.3 Å². The van der Waals surface area contributed by atoms with Gasteiger partial charge in [0.15, 0.2) is 0 Å². The van der Waals surface area contributed by atoms with Gasteiger partial charge in [0, 0.05) is 26.9 Å². The van der Waals surface area contributed by atoms with Gasteiger partial charge in [-0.3, -0.25) is 9.59 Å². The van der Waals surface area contributed by atoms with E-state index in [2.05, 4.69) is 13.8 Å². The summed E-state index contributed by atoms with van der Waals surface area (Å²) in [5, 5.41) is 0. The van der Waals surface area contributed by atoms with Crippen LogP contribution in [-0.4, -0.2) is 31.2 Å². The zero-order valence-electron chi connectivity index (χ0n) is 10.5. The highest BCUT2D eigenvalue weighted by atomic mass is 16.1. The van der Waals surface area contributed by atoms with Crippen molar-refractivity contribution >= 4 is 12.2 Å². The molecule has 0 aliphatic carbocycles. The van der Waals surface area contributed by atoms with Crippen LogP contribution in [0.1, 0.15) is 47.0 Å². The second kappa shape index (κ2) is 18.0. The van der Waals surface area contributed by atoms with Crippen LogP contribution < -0.4 is 0 Å². The summed E-state index contributed by atoms with van der Waals surface area (Å²) in [6, 6.07) is 0. The monoisotopic (exact) mass is 203 g/mol. The summed E-state index contributed by atoms with van der Waals surface area (Å²) in [7, 11) is 3.38. The highest BCUT2D eigenvalue weighted by Gasteiger charge is 1.86. The molecule has 14 heavy (non-hydrogen) atoms. The molecule has 0 rings (SSSR count). The molecule has 3 heteroatoms. The fourth-order valence-electron chi connectivity index (χ4n) is 0.250. The van der Waals surface area contributed by atoms with E-state index in [0.29, 0.717) is 18.6 Å². The SMILES string of the molecule is CCC.CCC(=O)CC.CN(C)C=O. The predicted octanol–water partition coefficient (Wildman–Crippen LogP) is 2.50. The third-order valence-corrected chi connectivity index (χ3v) is 0.999. The quantitative estimate of drug-likeness (QED) is 0.661. The molecule has 0 atom stereocenters. The summed E-state index contributed by atoms with van der Waals surface area (Å²) in [4.78, 5) is 21.1. The topological polar surface area (TPSA) is 37.4 Å². The molecule has 0 unspecified atom stereocenters. The van der Waals surface area contributed by atoms with Gasteiger partial charge < -0.3 is 4.90 Å². The molecule has 0 saturated carbocycles. The summed E-state index contributed by atoms with van der Waals surface area (Å²) >= 11 is 0. The van der Waals surface area contributed by atoms with Crippen LogP contribution in [-0.2, 0) is 9.59 Å². The van der Waals surface area contributed by atoms with Crippen LogP contribution >= 0.6 is 0 Å². The number of ketones is 1. The van der Waals surface area contributed by atoms with Gasteiger partial charge in [0.1, 0.15) is 5.78 Å². The van der Waals surface area contributed by atoms with E-state index in [1.54, 1.807) is 14.1 Å². The van der Waals surface area contributed by atoms with E-state index in [-0.39, 0.29) is 0 Å². The van der Waals surface area contributed by atoms with Crippen molar-refractivity contribution in [1.82, 2.24) is 4.90 Å². The van der Waals surface area contributed by atoms with Crippen LogP contribution in [0.4, 0.5) is 0 Å². The maximum Gasteiger partial charge on any atom is 0.209 e. The molecule has 0 bridgehead atoms. The van der Waals surface area contributed by atoms with E-state index in [0.717, 1.165) is 6.41 Å².